The van der Waals surface area contributed by atoms with Gasteiger partial charge < -0.3 is 19.6 Å². The van der Waals surface area contributed by atoms with Gasteiger partial charge in [-0.25, -0.2) is 0 Å². The normalized spacial score (nSPS) is 14.5. The van der Waals surface area contributed by atoms with E-state index in [-0.39, 0.29) is 48.6 Å². The highest BCUT2D eigenvalue weighted by Gasteiger charge is 2.54. The van der Waals surface area contributed by atoms with E-state index in [1.165, 1.54) is 66.6 Å². The molecule has 4 aliphatic heterocycles. The average Bonchev–Trinajstić information content (AvgIpc) is 1.40. The molecule has 4 nitrogen and oxygen atoms in total. The Balaban J connectivity index is 0.854. The fraction of sp³-hybridized carbons (Fsp3) is 0.0476. The fourth-order valence-corrected chi connectivity index (χ4v) is 20.1. The topological polar surface area (TPSA) is 13.0 Å². The molecule has 0 aromatic heterocycles. The van der Waals surface area contributed by atoms with Crippen LogP contribution in [0.5, 0.6) is 0 Å². The SMILES string of the molecule is [2H]c1c([2H])c([2H])c(-c2cc3c4c(c2)N(c2ccccc2)c2cc5c(cc2B4c2ccccc2N3c2ccccc2)B2c3ccccc3N(c3c(-c4ccccc4)cc(C(C)(C)C)cc3-c3ccccc3)c3c2c(cc2cc(-c4cccc6c4C4(c7ccccc7-c7ccccc74)c4ccccc4-6)ccc32)N5c2ccccc2)c([2H])c1[2H]. The summed E-state index contributed by atoms with van der Waals surface area (Å²) in [6.45, 7) is 6.28. The standard InChI is InChI=1S/C105H72B2N4/c1-104(2,3)73-63-83(68-35-12-5-13-36-68)102(84(64-73)69-37-14-6-15-38-69)111-93-56-31-29-54-89(93)107-91-65-90-94(109(75-41-18-8-19-42-75)97-61-71(67-33-10-4-11-34-67)60-96-100(97)106(90)88-53-28-30-55-92(88)108(96)74-39-16-7-17-40-74)66-95(91)110(76-43-20-9-21-44-76)98-62-72-59-70(57-58-78(72)103(111)101(98)107)77-48-32-49-82-81-47-24-27-52-87(81)105(99(77)82)85-50-25-22-45-79(85)80-46-23-26-51-86(80)105/h4-66H,1-3H3/i4D,10D,11D,33D,34D. The molecular weight excluding hydrogens is 1340 g/mol. The second kappa shape index (κ2) is 24.2. The minimum absolute atomic E-state index is 0.137. The molecule has 1 spiro atoms. The van der Waals surface area contributed by atoms with Gasteiger partial charge in [-0.1, -0.05) is 312 Å². The van der Waals surface area contributed by atoms with E-state index in [4.69, 9.17) is 4.11 Å². The van der Waals surface area contributed by atoms with Gasteiger partial charge in [0.1, 0.15) is 0 Å². The number of benzene rings is 17. The van der Waals surface area contributed by atoms with Crippen LogP contribution in [0.2, 0.25) is 0 Å². The number of anilines is 12. The Morgan fingerprint density at radius 2 is 0.712 bits per heavy atom. The van der Waals surface area contributed by atoms with Crippen LogP contribution in [0.15, 0.2) is 382 Å². The van der Waals surface area contributed by atoms with E-state index in [1.54, 1.807) is 0 Å². The van der Waals surface area contributed by atoms with E-state index in [2.05, 4.69) is 386 Å². The van der Waals surface area contributed by atoms with Crippen molar-refractivity contribution in [3.05, 3.63) is 410 Å². The molecule has 0 unspecified atom stereocenters. The van der Waals surface area contributed by atoms with Gasteiger partial charge in [0.25, 0.3) is 13.4 Å². The second-order valence-corrected chi connectivity index (χ2v) is 31.3. The summed E-state index contributed by atoms with van der Waals surface area (Å²) >= 11 is 0. The highest BCUT2D eigenvalue weighted by Crippen LogP contribution is 2.65. The summed E-state index contributed by atoms with van der Waals surface area (Å²) in [6, 6.07) is 129. The van der Waals surface area contributed by atoms with Crippen molar-refractivity contribution < 1.29 is 6.85 Å². The molecule has 17 aromatic rings. The van der Waals surface area contributed by atoms with Gasteiger partial charge in [-0.05, 0) is 218 Å². The van der Waals surface area contributed by atoms with Crippen molar-refractivity contribution in [3.8, 4) is 66.8 Å². The third-order valence-electron chi connectivity index (χ3n) is 24.6. The summed E-state index contributed by atoms with van der Waals surface area (Å²) in [7, 11) is 0. The largest absolute Gasteiger partial charge is 0.311 e. The Hall–Kier alpha value is -13.7. The maximum absolute atomic E-state index is 9.66. The fourth-order valence-electron chi connectivity index (χ4n) is 20.1. The van der Waals surface area contributed by atoms with Crippen LogP contribution >= 0.6 is 0 Å². The number of nitrogens with zero attached hydrogens (tertiary/aromatic N) is 4. The van der Waals surface area contributed by atoms with E-state index >= 15 is 0 Å². The molecule has 2 aliphatic carbocycles. The summed E-state index contributed by atoms with van der Waals surface area (Å²) in [5.41, 5.74) is 36.6. The van der Waals surface area contributed by atoms with Crippen LogP contribution in [0.25, 0.3) is 77.5 Å². The highest BCUT2D eigenvalue weighted by molar-refractivity contribution is 7.03. The molecule has 0 bridgehead atoms. The Morgan fingerprint density at radius 3 is 1.24 bits per heavy atom. The predicted molar refractivity (Wildman–Crippen MR) is 469 cm³/mol. The first-order chi connectivity index (χ1) is 56.8. The van der Waals surface area contributed by atoms with Crippen molar-refractivity contribution >= 4 is 125 Å². The van der Waals surface area contributed by atoms with Gasteiger partial charge in [-0.15, -0.1) is 0 Å². The lowest BCUT2D eigenvalue weighted by Crippen LogP contribution is -2.65. The van der Waals surface area contributed by atoms with Crippen LogP contribution in [0.3, 0.4) is 0 Å². The zero-order chi connectivity index (χ0) is 77.7. The van der Waals surface area contributed by atoms with E-state index in [1.807, 2.05) is 6.07 Å². The van der Waals surface area contributed by atoms with Gasteiger partial charge >= 0.3 is 0 Å². The minimum Gasteiger partial charge on any atom is -0.311 e. The third kappa shape index (κ3) is 9.13. The average molecular weight is 1420 g/mol. The smallest absolute Gasteiger partial charge is 0.252 e. The van der Waals surface area contributed by atoms with E-state index in [0.29, 0.717) is 5.56 Å². The van der Waals surface area contributed by atoms with E-state index in [9.17, 15) is 2.74 Å². The second-order valence-electron chi connectivity index (χ2n) is 31.3. The third-order valence-corrected chi connectivity index (χ3v) is 24.6. The van der Waals surface area contributed by atoms with Crippen LogP contribution in [0, 0.1) is 0 Å². The number of fused-ring (bicyclic) bond motifs is 20. The lowest BCUT2D eigenvalue weighted by Gasteiger charge is -2.48. The Bertz CT molecular complexity index is 6900. The van der Waals surface area contributed by atoms with Gasteiger partial charge in [0.15, 0.2) is 0 Å². The minimum atomic E-state index is -0.605. The van der Waals surface area contributed by atoms with Gasteiger partial charge in [0.2, 0.25) is 0 Å². The summed E-state index contributed by atoms with van der Waals surface area (Å²) < 4.78 is 46.4. The highest BCUT2D eigenvalue weighted by atomic mass is 15.2. The van der Waals surface area contributed by atoms with Crippen LogP contribution in [0.4, 0.5) is 68.2 Å². The molecule has 6 heteroatoms. The first-order valence-corrected chi connectivity index (χ1v) is 38.6. The van der Waals surface area contributed by atoms with Crippen molar-refractivity contribution in [2.24, 2.45) is 0 Å². The van der Waals surface area contributed by atoms with E-state index in [0.717, 1.165) is 129 Å². The molecule has 4 heterocycles. The first kappa shape index (κ1) is 58.4. The molecular formula is C105H72B2N4. The van der Waals surface area contributed by atoms with Crippen LogP contribution < -0.4 is 52.4 Å². The van der Waals surface area contributed by atoms with Crippen LogP contribution in [-0.4, -0.2) is 13.4 Å². The molecule has 0 fully saturated rings. The summed E-state index contributed by atoms with van der Waals surface area (Å²) in [6.07, 6.45) is 0. The summed E-state index contributed by atoms with van der Waals surface area (Å²) in [5.74, 6) is 0. The summed E-state index contributed by atoms with van der Waals surface area (Å²) in [4.78, 5) is 9.93. The van der Waals surface area contributed by atoms with E-state index < -0.39 is 11.5 Å². The number of hydrogen-bond acceptors (Lipinski definition) is 4. The number of rotatable bonds is 8. The predicted octanol–water partition coefficient (Wildman–Crippen LogP) is 23.3. The number of para-hydroxylation sites is 5. The summed E-state index contributed by atoms with van der Waals surface area (Å²) in [5, 5.41) is 2.20. The molecule has 0 saturated carbocycles. The molecule has 111 heavy (non-hydrogen) atoms. The van der Waals surface area contributed by atoms with Gasteiger partial charge in [-0.2, -0.15) is 0 Å². The quantitative estimate of drug-likeness (QED) is 0.141. The van der Waals surface area contributed by atoms with Crippen molar-refractivity contribution in [1.82, 2.24) is 0 Å². The number of hydrogen-bond donors (Lipinski definition) is 0. The molecule has 0 amide bonds. The van der Waals surface area contributed by atoms with Gasteiger partial charge in [-0.3, -0.25) is 0 Å². The maximum Gasteiger partial charge on any atom is 0.252 e. The first-order valence-electron chi connectivity index (χ1n) is 41.1. The zero-order valence-corrected chi connectivity index (χ0v) is 61.4. The van der Waals surface area contributed by atoms with Crippen LogP contribution in [0.1, 0.15) is 55.4 Å². The molecule has 0 radical (unpaired) electrons. The van der Waals surface area contributed by atoms with Crippen molar-refractivity contribution in [2.45, 2.75) is 31.6 Å². The Kier molecular flexibility index (Phi) is 12.7. The lowest BCUT2D eigenvalue weighted by molar-refractivity contribution is 0.591. The molecule has 23 rings (SSSR count). The van der Waals surface area contributed by atoms with Crippen molar-refractivity contribution in [2.75, 3.05) is 19.6 Å². The van der Waals surface area contributed by atoms with Crippen LogP contribution in [-0.2, 0) is 10.8 Å². The molecule has 17 aromatic carbocycles. The van der Waals surface area contributed by atoms with Gasteiger partial charge in [0.05, 0.1) is 23.6 Å². The van der Waals surface area contributed by atoms with Crippen molar-refractivity contribution in [1.29, 1.82) is 0 Å². The van der Waals surface area contributed by atoms with Crippen molar-refractivity contribution in [3.63, 3.8) is 0 Å². The molecule has 6 aliphatic rings. The molecule has 518 valence electrons. The molecule has 0 saturated heterocycles. The Labute approximate surface area is 655 Å². The molecule has 0 N–H and O–H groups in total. The maximum atomic E-state index is 9.66. The monoisotopic (exact) mass is 1420 g/mol. The molecule has 0 atom stereocenters. The zero-order valence-electron chi connectivity index (χ0n) is 66.4. The Morgan fingerprint density at radius 1 is 0.279 bits per heavy atom. The lowest BCUT2D eigenvalue weighted by atomic mass is 9.30. The van der Waals surface area contributed by atoms with Gasteiger partial charge in [0, 0.05) is 73.4 Å².